The van der Waals surface area contributed by atoms with Crippen LogP contribution in [-0.2, 0) is 0 Å². The summed E-state index contributed by atoms with van der Waals surface area (Å²) in [5, 5.41) is 0. The van der Waals surface area contributed by atoms with Crippen molar-refractivity contribution in [3.05, 3.63) is 13.2 Å². The summed E-state index contributed by atoms with van der Waals surface area (Å²) in [7, 11) is 0. The molecule has 0 atom stereocenters. The molecule has 0 fully saturated rings. The molecule has 0 aliphatic rings. The van der Waals surface area contributed by atoms with Crippen LogP contribution in [0.5, 0.6) is 0 Å². The first-order valence-corrected chi connectivity index (χ1v) is 2.32. The van der Waals surface area contributed by atoms with E-state index >= 15 is 0 Å². The second-order valence-electron chi connectivity index (χ2n) is 0.931. The van der Waals surface area contributed by atoms with Gasteiger partial charge in [0.05, 0.1) is 0 Å². The molecule has 9 heavy (non-hydrogen) atoms. The molecule has 0 aliphatic heterocycles. The van der Waals surface area contributed by atoms with E-state index in [-0.39, 0.29) is 12.3 Å². The van der Waals surface area contributed by atoms with Gasteiger partial charge in [0.25, 0.3) is 0 Å². The number of hydrogen-bond donors (Lipinski definition) is 4. The van der Waals surface area contributed by atoms with Gasteiger partial charge in [-0.2, -0.15) is 0 Å². The van der Waals surface area contributed by atoms with E-state index < -0.39 is 0 Å². The van der Waals surface area contributed by atoms with Crippen molar-refractivity contribution in [1.29, 1.82) is 0 Å². The molecule has 0 saturated carbocycles. The van der Waals surface area contributed by atoms with Gasteiger partial charge in [-0.25, -0.2) is 0 Å². The van der Waals surface area contributed by atoms with Crippen LogP contribution in [-0.4, -0.2) is 13.1 Å². The van der Waals surface area contributed by atoms with E-state index in [4.69, 9.17) is 11.5 Å². The quantitative estimate of drug-likeness (QED) is 0.411. The first-order chi connectivity index (χ1) is 3.41. The fourth-order valence-electron chi connectivity index (χ4n) is 0.118. The lowest BCUT2D eigenvalue weighted by Gasteiger charge is -1.81. The molecule has 0 rings (SSSR count). The Hall–Kier alpha value is -0.420. The molecule has 0 bridgehead atoms. The minimum Gasteiger partial charge on any atom is -0.344 e. The van der Waals surface area contributed by atoms with Crippen LogP contribution < -0.4 is 23.8 Å². The van der Waals surface area contributed by atoms with Crippen LogP contribution >= 0.6 is 0 Å². The Bertz CT molecular complexity index is 22.9. The van der Waals surface area contributed by atoms with Crippen LogP contribution in [0.2, 0.25) is 0 Å². The van der Waals surface area contributed by atoms with Gasteiger partial charge in [-0.3, -0.25) is 0 Å². The maximum atomic E-state index is 5.06. The predicted molar refractivity (Wildman–Crippen MR) is 44.0 cm³/mol. The second-order valence-corrected chi connectivity index (χ2v) is 0.931. The highest BCUT2D eigenvalue weighted by molar-refractivity contribution is 4.33. The number of hydrogen-bond acceptors (Lipinski definition) is 4. The Morgan fingerprint density at radius 1 is 0.889 bits per heavy atom. The summed E-state index contributed by atoms with van der Waals surface area (Å²) >= 11 is 0. The highest BCUT2D eigenvalue weighted by atomic mass is 14.6. The van der Waals surface area contributed by atoms with Crippen molar-refractivity contribution in [2.45, 2.75) is 6.42 Å². The minimum absolute atomic E-state index is 0. The third-order valence-electron chi connectivity index (χ3n) is 0.408. The van der Waals surface area contributed by atoms with Crippen molar-refractivity contribution in [3.8, 4) is 0 Å². The predicted octanol–water partition coefficient (Wildman–Crippen LogP) is 0.420. The van der Waals surface area contributed by atoms with Crippen LogP contribution in [0.25, 0.3) is 0 Å². The zero-order valence-corrected chi connectivity index (χ0v) is 6.10. The van der Waals surface area contributed by atoms with Gasteiger partial charge in [0.2, 0.25) is 0 Å². The third kappa shape index (κ3) is 94.5. The van der Waals surface area contributed by atoms with Crippen LogP contribution in [0.15, 0.2) is 13.2 Å². The van der Waals surface area contributed by atoms with Crippen LogP contribution in [0.4, 0.5) is 0 Å². The summed E-state index contributed by atoms with van der Waals surface area (Å²) in [6.07, 6.45) is 0.944. The fraction of sp³-hybridized carbons (Fsp3) is 0.600. The van der Waals surface area contributed by atoms with Crippen molar-refractivity contribution >= 4 is 0 Å². The fourth-order valence-corrected chi connectivity index (χ4v) is 0.118. The molecule has 4 heteroatoms. The average molecular weight is 136 g/mol. The van der Waals surface area contributed by atoms with Gasteiger partial charge in [0.15, 0.2) is 0 Å². The topological polar surface area (TPSA) is 122 Å². The molecule has 0 amide bonds. The monoisotopic (exact) mass is 136 g/mol. The van der Waals surface area contributed by atoms with E-state index in [2.05, 4.69) is 13.2 Å². The Balaban J connectivity index is -0.0000000286. The Morgan fingerprint density at radius 2 is 1.11 bits per heavy atom. The van der Waals surface area contributed by atoms with Gasteiger partial charge in [-0.05, 0) is 19.5 Å². The van der Waals surface area contributed by atoms with Gasteiger partial charge < -0.3 is 23.8 Å². The molecule has 0 aliphatic carbocycles. The van der Waals surface area contributed by atoms with Crippen LogP contribution in [0.3, 0.4) is 0 Å². The minimum atomic E-state index is 0. The molecule has 0 spiro atoms. The second kappa shape index (κ2) is 49.3. The Kier molecular flexibility index (Phi) is 129. The van der Waals surface area contributed by atoms with Crippen molar-refractivity contribution in [1.82, 2.24) is 12.3 Å². The Morgan fingerprint density at radius 3 is 1.11 bits per heavy atom. The molecule has 0 aromatic rings. The summed E-state index contributed by atoms with van der Waals surface area (Å²) in [6.45, 7) is 7.44. The maximum Gasteiger partial charge on any atom is -0.00653 e. The number of rotatable bonds is 2. The van der Waals surface area contributed by atoms with Gasteiger partial charge >= 0.3 is 0 Å². The molecular weight excluding hydrogens is 116 g/mol. The van der Waals surface area contributed by atoms with Gasteiger partial charge in [0, 0.05) is 0 Å². The van der Waals surface area contributed by atoms with Crippen molar-refractivity contribution in [3.63, 3.8) is 0 Å². The largest absolute Gasteiger partial charge is 0.344 e. The smallest absolute Gasteiger partial charge is 0.00653 e. The molecule has 4 nitrogen and oxygen atoms in total. The molecule has 60 valence electrons. The van der Waals surface area contributed by atoms with E-state index in [1.54, 1.807) is 0 Å². The molecule has 10 N–H and O–H groups in total. The summed E-state index contributed by atoms with van der Waals surface area (Å²) < 4.78 is 0. The summed E-state index contributed by atoms with van der Waals surface area (Å²) in [5.41, 5.74) is 10.1. The van der Waals surface area contributed by atoms with Gasteiger partial charge in [-0.1, -0.05) is 0 Å². The van der Waals surface area contributed by atoms with E-state index in [0.29, 0.717) is 0 Å². The highest BCUT2D eigenvalue weighted by Gasteiger charge is 1.67. The average Bonchev–Trinajstić information content (AvgIpc) is 1.75. The van der Waals surface area contributed by atoms with Crippen LogP contribution in [0.1, 0.15) is 6.42 Å². The van der Waals surface area contributed by atoms with Crippen molar-refractivity contribution < 1.29 is 0 Å². The lowest BCUT2D eigenvalue weighted by Crippen LogP contribution is -2.06. The van der Waals surface area contributed by atoms with Gasteiger partial charge in [0.1, 0.15) is 0 Å². The van der Waals surface area contributed by atoms with Gasteiger partial charge in [-0.15, -0.1) is 13.2 Å². The van der Waals surface area contributed by atoms with Crippen molar-refractivity contribution in [2.75, 3.05) is 13.1 Å². The summed E-state index contributed by atoms with van der Waals surface area (Å²) in [5.74, 6) is 0. The summed E-state index contributed by atoms with van der Waals surface area (Å²) in [6, 6.07) is 0. The molecule has 0 unspecified atom stereocenters. The SMILES string of the molecule is C=C.N.N.NCCCN. The molecule has 0 aromatic carbocycles. The molecule has 0 aromatic heterocycles. The molecule has 0 radical (unpaired) electrons. The summed E-state index contributed by atoms with van der Waals surface area (Å²) in [4.78, 5) is 0. The zero-order chi connectivity index (χ0) is 6.12. The normalized spacial score (nSPS) is 5.11. The third-order valence-corrected chi connectivity index (χ3v) is 0.408. The van der Waals surface area contributed by atoms with E-state index in [1.807, 2.05) is 0 Å². The molecule has 0 saturated heterocycles. The van der Waals surface area contributed by atoms with E-state index in [9.17, 15) is 0 Å². The zero-order valence-electron chi connectivity index (χ0n) is 6.10. The molecule has 0 heterocycles. The molecular formula is C5H20N4. The lowest BCUT2D eigenvalue weighted by molar-refractivity contribution is 0.844. The van der Waals surface area contributed by atoms with E-state index in [0.717, 1.165) is 19.5 Å². The first kappa shape index (κ1) is 23.5. The maximum absolute atomic E-state index is 5.06. The highest BCUT2D eigenvalue weighted by Crippen LogP contribution is 1.58. The number of nitrogens with two attached hydrogens (primary N) is 2. The first-order valence-electron chi connectivity index (χ1n) is 2.32. The van der Waals surface area contributed by atoms with Crippen LogP contribution in [0, 0.1) is 0 Å². The standard InChI is InChI=1S/C3H10N2.C2H4.2H3N/c4-2-1-3-5;1-2;;/h1-5H2;1-2H2;2*1H3. The van der Waals surface area contributed by atoms with Crippen molar-refractivity contribution in [2.24, 2.45) is 11.5 Å². The van der Waals surface area contributed by atoms with E-state index in [1.165, 1.54) is 0 Å². The Labute approximate surface area is 57.5 Å². The lowest BCUT2D eigenvalue weighted by atomic mass is 10.4.